The molecule has 0 aliphatic heterocycles. The van der Waals surface area contributed by atoms with Gasteiger partial charge in [-0.3, -0.25) is 4.90 Å². The Hall–Kier alpha value is -2.85. The van der Waals surface area contributed by atoms with E-state index in [2.05, 4.69) is 74.5 Å². The molecule has 4 heteroatoms. The lowest BCUT2D eigenvalue weighted by atomic mass is 9.63. The van der Waals surface area contributed by atoms with Crippen molar-refractivity contribution in [3.8, 4) is 0 Å². The average Bonchev–Trinajstić information content (AvgIpc) is 3.30. The Morgan fingerprint density at radius 3 is 2.29 bits per heavy atom. The molecule has 2 bridgehead atoms. The fourth-order valence-electron chi connectivity index (χ4n) is 6.94. The second-order valence-electron chi connectivity index (χ2n) is 9.84. The van der Waals surface area contributed by atoms with E-state index in [4.69, 9.17) is 9.47 Å². The van der Waals surface area contributed by atoms with E-state index in [0.717, 1.165) is 12.2 Å². The van der Waals surface area contributed by atoms with E-state index >= 15 is 0 Å². The number of allylic oxidation sites excluding steroid dienone is 1. The summed E-state index contributed by atoms with van der Waals surface area (Å²) in [6.45, 7) is 4.98. The van der Waals surface area contributed by atoms with E-state index in [1.54, 1.807) is 0 Å². The van der Waals surface area contributed by atoms with Gasteiger partial charge in [0.15, 0.2) is 0 Å². The van der Waals surface area contributed by atoms with Crippen molar-refractivity contribution in [2.75, 3.05) is 27.3 Å². The van der Waals surface area contributed by atoms with Crippen LogP contribution in [0.1, 0.15) is 61.0 Å². The minimum atomic E-state index is -0.271. The van der Waals surface area contributed by atoms with Crippen LogP contribution in [0.2, 0.25) is 0 Å². The van der Waals surface area contributed by atoms with E-state index in [0.29, 0.717) is 24.7 Å². The lowest BCUT2D eigenvalue weighted by molar-refractivity contribution is 0.0526. The molecule has 3 aliphatic rings. The number of likely N-dealkylation sites (N-methyl/N-ethyl adjacent to an activating group) is 1. The zero-order valence-electron chi connectivity index (χ0n) is 20.8. The van der Waals surface area contributed by atoms with Gasteiger partial charge in [0.25, 0.3) is 0 Å². The maximum absolute atomic E-state index is 12.3. The summed E-state index contributed by atoms with van der Waals surface area (Å²) in [6, 6.07) is 18.9. The number of carbonyl (C=O) groups is 1. The summed E-state index contributed by atoms with van der Waals surface area (Å²) in [6.07, 6.45) is 7.15. The third-order valence-corrected chi connectivity index (χ3v) is 8.11. The minimum absolute atomic E-state index is 0.116. The SMILES string of the molecule is CCOC(=O)c1ccc(C2=C(c3ccccc3)[C@@]34CCCC[C@@H]3[C@]2(N(C)C)C=C4OCC)cc1. The molecule has 3 aliphatic carbocycles. The lowest BCUT2D eigenvalue weighted by Gasteiger charge is -2.44. The molecular weight excluding hydrogens is 422 g/mol. The van der Waals surface area contributed by atoms with Gasteiger partial charge in [-0.2, -0.15) is 0 Å². The third-order valence-electron chi connectivity index (χ3n) is 8.11. The number of hydrogen-bond acceptors (Lipinski definition) is 4. The van der Waals surface area contributed by atoms with Gasteiger partial charge in [-0.15, -0.1) is 0 Å². The van der Waals surface area contributed by atoms with Gasteiger partial charge in [-0.25, -0.2) is 4.79 Å². The predicted molar refractivity (Wildman–Crippen MR) is 136 cm³/mol. The summed E-state index contributed by atoms with van der Waals surface area (Å²) < 4.78 is 11.6. The zero-order valence-corrected chi connectivity index (χ0v) is 20.8. The molecule has 0 spiro atoms. The molecular formula is C30H35NO3. The highest BCUT2D eigenvalue weighted by molar-refractivity contribution is 6.05. The standard InChI is InChI=1S/C30H35NO3/c1-5-33-25-20-30(31(3)4)24-14-10-11-19-29(24,25)26(21-12-8-7-9-13-21)27(30)22-15-17-23(18-16-22)28(32)34-6-2/h7-9,12-13,15-18,20,24H,5-6,10-11,14,19H2,1-4H3/t24-,29-,30+/m0/s1. The number of esters is 1. The minimum Gasteiger partial charge on any atom is -0.498 e. The molecule has 0 saturated heterocycles. The van der Waals surface area contributed by atoms with Crippen molar-refractivity contribution < 1.29 is 14.3 Å². The summed E-state index contributed by atoms with van der Waals surface area (Å²) in [7, 11) is 4.40. The van der Waals surface area contributed by atoms with Gasteiger partial charge in [0.2, 0.25) is 0 Å². The monoisotopic (exact) mass is 457 g/mol. The quantitative estimate of drug-likeness (QED) is 0.464. The number of ether oxygens (including phenoxy) is 2. The van der Waals surface area contributed by atoms with Gasteiger partial charge < -0.3 is 9.47 Å². The summed E-state index contributed by atoms with van der Waals surface area (Å²) in [4.78, 5) is 14.7. The van der Waals surface area contributed by atoms with Crippen LogP contribution in [0.15, 0.2) is 66.4 Å². The van der Waals surface area contributed by atoms with Crippen LogP contribution in [0.5, 0.6) is 0 Å². The van der Waals surface area contributed by atoms with Gasteiger partial charge in [0, 0.05) is 5.92 Å². The molecule has 2 aromatic carbocycles. The number of carbonyl (C=O) groups excluding carboxylic acids is 1. The largest absolute Gasteiger partial charge is 0.498 e. The van der Waals surface area contributed by atoms with Crippen molar-refractivity contribution in [3.63, 3.8) is 0 Å². The molecule has 0 radical (unpaired) electrons. The fraction of sp³-hybridized carbons (Fsp3) is 0.433. The van der Waals surface area contributed by atoms with E-state index in [9.17, 15) is 4.79 Å². The topological polar surface area (TPSA) is 38.8 Å². The Balaban J connectivity index is 1.77. The number of hydrogen-bond donors (Lipinski definition) is 0. The number of nitrogens with zero attached hydrogens (tertiary/aromatic N) is 1. The van der Waals surface area contributed by atoms with Gasteiger partial charge in [0.05, 0.1) is 29.7 Å². The highest BCUT2D eigenvalue weighted by atomic mass is 16.5. The van der Waals surface area contributed by atoms with Gasteiger partial charge in [0.1, 0.15) is 5.76 Å². The first-order chi connectivity index (χ1) is 16.5. The Bertz CT molecular complexity index is 1130. The van der Waals surface area contributed by atoms with Crippen molar-refractivity contribution in [2.45, 2.75) is 45.1 Å². The molecule has 1 saturated carbocycles. The van der Waals surface area contributed by atoms with Crippen LogP contribution >= 0.6 is 0 Å². The van der Waals surface area contributed by atoms with Crippen LogP contribution in [0.4, 0.5) is 0 Å². The molecule has 0 N–H and O–H groups in total. The van der Waals surface area contributed by atoms with Crippen LogP contribution in [-0.2, 0) is 9.47 Å². The molecule has 34 heavy (non-hydrogen) atoms. The molecule has 178 valence electrons. The van der Waals surface area contributed by atoms with Crippen LogP contribution in [0, 0.1) is 11.3 Å². The van der Waals surface area contributed by atoms with Crippen LogP contribution in [0.25, 0.3) is 11.1 Å². The Labute approximate surface area is 203 Å². The van der Waals surface area contributed by atoms with E-state index in [1.165, 1.54) is 41.5 Å². The molecule has 0 heterocycles. The molecule has 4 nitrogen and oxygen atoms in total. The van der Waals surface area contributed by atoms with Crippen LogP contribution in [0.3, 0.4) is 0 Å². The lowest BCUT2D eigenvalue weighted by Crippen LogP contribution is -2.48. The van der Waals surface area contributed by atoms with Crippen LogP contribution in [-0.4, -0.2) is 43.7 Å². The highest BCUT2D eigenvalue weighted by Crippen LogP contribution is 2.73. The van der Waals surface area contributed by atoms with Gasteiger partial charge in [-0.05, 0) is 81.3 Å². The molecule has 0 unspecified atom stereocenters. The molecule has 5 rings (SSSR count). The number of benzene rings is 2. The number of rotatable bonds is 7. The predicted octanol–water partition coefficient (Wildman–Crippen LogP) is 6.20. The van der Waals surface area contributed by atoms with E-state index in [-0.39, 0.29) is 16.9 Å². The molecule has 2 aromatic rings. The fourth-order valence-corrected chi connectivity index (χ4v) is 6.94. The van der Waals surface area contributed by atoms with Crippen molar-refractivity contribution in [1.29, 1.82) is 0 Å². The Kier molecular flexibility index (Phi) is 5.89. The van der Waals surface area contributed by atoms with Crippen molar-refractivity contribution in [1.82, 2.24) is 4.90 Å². The van der Waals surface area contributed by atoms with Gasteiger partial charge >= 0.3 is 5.97 Å². The summed E-state index contributed by atoms with van der Waals surface area (Å²) in [5.74, 6) is 1.31. The van der Waals surface area contributed by atoms with Crippen LogP contribution < -0.4 is 0 Å². The van der Waals surface area contributed by atoms with E-state index in [1.807, 2.05) is 19.1 Å². The zero-order chi connectivity index (χ0) is 23.9. The van der Waals surface area contributed by atoms with Crippen molar-refractivity contribution >= 4 is 17.1 Å². The second-order valence-corrected chi connectivity index (χ2v) is 9.84. The maximum atomic E-state index is 12.3. The van der Waals surface area contributed by atoms with Crippen molar-refractivity contribution in [3.05, 3.63) is 83.1 Å². The van der Waals surface area contributed by atoms with Crippen molar-refractivity contribution in [2.24, 2.45) is 11.3 Å². The molecule has 3 atom stereocenters. The molecule has 1 fully saturated rings. The Morgan fingerprint density at radius 2 is 1.65 bits per heavy atom. The summed E-state index contributed by atoms with van der Waals surface area (Å²) >= 11 is 0. The third kappa shape index (κ3) is 3.11. The Morgan fingerprint density at radius 1 is 0.941 bits per heavy atom. The summed E-state index contributed by atoms with van der Waals surface area (Å²) in [5.41, 5.74) is 5.43. The first-order valence-electron chi connectivity index (χ1n) is 12.6. The van der Waals surface area contributed by atoms with Gasteiger partial charge in [-0.1, -0.05) is 55.3 Å². The first kappa shape index (κ1) is 22.9. The smallest absolute Gasteiger partial charge is 0.338 e. The molecule has 0 amide bonds. The second kappa shape index (κ2) is 8.74. The average molecular weight is 458 g/mol. The maximum Gasteiger partial charge on any atom is 0.338 e. The van der Waals surface area contributed by atoms with E-state index < -0.39 is 0 Å². The summed E-state index contributed by atoms with van der Waals surface area (Å²) in [5, 5.41) is 0. The highest BCUT2D eigenvalue weighted by Gasteiger charge is 2.69. The molecule has 0 aromatic heterocycles. The normalized spacial score (nSPS) is 27.6. The first-order valence-corrected chi connectivity index (χ1v) is 12.6.